The van der Waals surface area contributed by atoms with Crippen LogP contribution in [-0.2, 0) is 19.1 Å². The second kappa shape index (κ2) is 8.03. The first-order chi connectivity index (χ1) is 12.7. The van der Waals surface area contributed by atoms with Gasteiger partial charge in [-0.2, -0.15) is 0 Å². The molecule has 0 N–H and O–H groups in total. The molecule has 1 aromatic rings. The Morgan fingerprint density at radius 3 is 1.96 bits per heavy atom. The highest BCUT2D eigenvalue weighted by Gasteiger charge is 2.39. The Labute approximate surface area is 157 Å². The van der Waals surface area contributed by atoms with E-state index in [9.17, 15) is 19.7 Å². The highest BCUT2D eigenvalue weighted by molar-refractivity contribution is 5.70. The third-order valence-electron chi connectivity index (χ3n) is 4.32. The summed E-state index contributed by atoms with van der Waals surface area (Å²) >= 11 is 0. The molecule has 8 nitrogen and oxygen atoms in total. The molecule has 0 atom stereocenters. The van der Waals surface area contributed by atoms with Crippen LogP contribution in [0.15, 0.2) is 47.2 Å². The SMILES string of the molecule is CCN1C(C)=C(OC(C)=O)C(c2ccccc2[N+](=O)[O-])C(OC(C)=O)=C1C. The maximum Gasteiger partial charge on any atom is 0.307 e. The van der Waals surface area contributed by atoms with Crippen molar-refractivity contribution in [3.05, 3.63) is 62.9 Å². The van der Waals surface area contributed by atoms with Gasteiger partial charge >= 0.3 is 11.9 Å². The van der Waals surface area contributed by atoms with E-state index in [0.717, 1.165) is 0 Å². The molecule has 8 heteroatoms. The fourth-order valence-corrected chi connectivity index (χ4v) is 3.28. The minimum atomic E-state index is -0.887. The molecule has 0 aromatic heterocycles. The van der Waals surface area contributed by atoms with Crippen molar-refractivity contribution in [2.24, 2.45) is 0 Å². The third kappa shape index (κ3) is 3.99. The smallest absolute Gasteiger partial charge is 0.307 e. The number of nitrogens with zero attached hydrogens (tertiary/aromatic N) is 2. The van der Waals surface area contributed by atoms with Crippen molar-refractivity contribution in [2.45, 2.75) is 40.5 Å². The zero-order chi connectivity index (χ0) is 20.3. The summed E-state index contributed by atoms with van der Waals surface area (Å²) in [4.78, 5) is 36.3. The van der Waals surface area contributed by atoms with Crippen LogP contribution >= 0.6 is 0 Å². The summed E-state index contributed by atoms with van der Waals surface area (Å²) in [5, 5.41) is 11.6. The Balaban J connectivity index is 2.80. The first-order valence-electron chi connectivity index (χ1n) is 8.48. The van der Waals surface area contributed by atoms with Crippen LogP contribution < -0.4 is 0 Å². The zero-order valence-electron chi connectivity index (χ0n) is 15.9. The molecule has 0 saturated heterocycles. The van der Waals surface area contributed by atoms with Crippen molar-refractivity contribution in [1.29, 1.82) is 0 Å². The first kappa shape index (κ1) is 20.2. The van der Waals surface area contributed by atoms with Gasteiger partial charge in [-0.25, -0.2) is 0 Å². The maximum atomic E-state index is 11.7. The number of hydrogen-bond donors (Lipinski definition) is 0. The van der Waals surface area contributed by atoms with Gasteiger partial charge in [0.25, 0.3) is 5.69 Å². The number of ether oxygens (including phenoxy) is 2. The van der Waals surface area contributed by atoms with Crippen LogP contribution in [0.5, 0.6) is 0 Å². The van der Waals surface area contributed by atoms with E-state index < -0.39 is 22.8 Å². The van der Waals surface area contributed by atoms with Gasteiger partial charge in [-0.05, 0) is 20.8 Å². The molecule has 144 valence electrons. The fraction of sp³-hybridized carbons (Fsp3) is 0.368. The molecule has 0 aliphatic carbocycles. The van der Waals surface area contributed by atoms with Crippen LogP contribution in [-0.4, -0.2) is 28.3 Å². The average Bonchev–Trinajstić information content (AvgIpc) is 2.59. The Hall–Kier alpha value is -3.16. The first-order valence-corrected chi connectivity index (χ1v) is 8.48. The summed E-state index contributed by atoms with van der Waals surface area (Å²) in [7, 11) is 0. The summed E-state index contributed by atoms with van der Waals surface area (Å²) in [5.41, 5.74) is 1.39. The summed E-state index contributed by atoms with van der Waals surface area (Å²) in [6, 6.07) is 6.13. The molecule has 0 bridgehead atoms. The van der Waals surface area contributed by atoms with Crippen molar-refractivity contribution >= 4 is 17.6 Å². The Kier molecular flexibility index (Phi) is 5.99. The number of para-hydroxylation sites is 1. The largest absolute Gasteiger partial charge is 0.428 e. The average molecular weight is 374 g/mol. The third-order valence-corrected chi connectivity index (χ3v) is 4.32. The van der Waals surface area contributed by atoms with Crippen molar-refractivity contribution < 1.29 is 24.0 Å². The number of nitro benzene ring substituents is 1. The van der Waals surface area contributed by atoms with E-state index in [0.29, 0.717) is 17.9 Å². The standard InChI is InChI=1S/C19H22N2O6/c1-6-20-11(2)18(26-13(4)22)17(19(12(20)3)27-14(5)23)15-9-7-8-10-16(15)21(24)25/h7-10,17H,6H2,1-5H3. The summed E-state index contributed by atoms with van der Waals surface area (Å²) in [5.74, 6) is -1.60. The predicted molar refractivity (Wildman–Crippen MR) is 97.1 cm³/mol. The molecule has 0 fully saturated rings. The lowest BCUT2D eigenvalue weighted by Crippen LogP contribution is -2.32. The lowest BCUT2D eigenvalue weighted by molar-refractivity contribution is -0.385. The molecule has 0 amide bonds. The number of allylic oxidation sites excluding steroid dienone is 2. The van der Waals surface area contributed by atoms with Crippen LogP contribution in [0.25, 0.3) is 0 Å². The number of nitro groups is 1. The van der Waals surface area contributed by atoms with Gasteiger partial charge in [0, 0.05) is 32.0 Å². The van der Waals surface area contributed by atoms with Crippen molar-refractivity contribution in [1.82, 2.24) is 4.90 Å². The number of carbonyl (C=O) groups excluding carboxylic acids is 2. The molecule has 1 aromatic carbocycles. The van der Waals surface area contributed by atoms with Crippen LogP contribution in [0, 0.1) is 10.1 Å². The lowest BCUT2D eigenvalue weighted by Gasteiger charge is -2.36. The summed E-state index contributed by atoms with van der Waals surface area (Å²) < 4.78 is 10.9. The number of esters is 2. The molecular weight excluding hydrogens is 352 g/mol. The highest BCUT2D eigenvalue weighted by Crippen LogP contribution is 2.45. The van der Waals surface area contributed by atoms with Crippen LogP contribution in [0.2, 0.25) is 0 Å². The number of hydrogen-bond acceptors (Lipinski definition) is 7. The van der Waals surface area contributed by atoms with Gasteiger partial charge < -0.3 is 14.4 Å². The van der Waals surface area contributed by atoms with E-state index in [1.54, 1.807) is 32.0 Å². The quantitative estimate of drug-likeness (QED) is 0.441. The molecule has 0 radical (unpaired) electrons. The highest BCUT2D eigenvalue weighted by atomic mass is 16.6. The van der Waals surface area contributed by atoms with Crippen molar-refractivity contribution in [2.75, 3.05) is 6.54 Å². The molecule has 0 spiro atoms. The predicted octanol–water partition coefficient (Wildman–Crippen LogP) is 3.60. The molecule has 0 unspecified atom stereocenters. The topological polar surface area (TPSA) is 99.0 Å². The van der Waals surface area contributed by atoms with Gasteiger partial charge in [0.05, 0.1) is 16.3 Å². The fourth-order valence-electron chi connectivity index (χ4n) is 3.28. The van der Waals surface area contributed by atoms with Gasteiger partial charge in [-0.1, -0.05) is 18.2 Å². The lowest BCUT2D eigenvalue weighted by atomic mass is 9.88. The molecule has 1 aliphatic rings. The van der Waals surface area contributed by atoms with E-state index in [-0.39, 0.29) is 22.8 Å². The molecule has 0 saturated carbocycles. The van der Waals surface area contributed by atoms with E-state index in [1.807, 2.05) is 11.8 Å². The van der Waals surface area contributed by atoms with Gasteiger partial charge in [0.2, 0.25) is 0 Å². The molecule has 1 aliphatic heterocycles. The van der Waals surface area contributed by atoms with Crippen molar-refractivity contribution in [3.8, 4) is 0 Å². The van der Waals surface area contributed by atoms with E-state index in [1.165, 1.54) is 19.9 Å². The monoisotopic (exact) mass is 374 g/mol. The normalized spacial score (nSPS) is 15.1. The van der Waals surface area contributed by atoms with Gasteiger partial charge in [0.1, 0.15) is 17.4 Å². The van der Waals surface area contributed by atoms with Crippen molar-refractivity contribution in [3.63, 3.8) is 0 Å². The summed E-state index contributed by atoms with van der Waals surface area (Å²) in [6.45, 7) is 8.47. The Bertz CT molecular complexity index is 816. The molecule has 27 heavy (non-hydrogen) atoms. The second-order valence-corrected chi connectivity index (χ2v) is 6.08. The van der Waals surface area contributed by atoms with Crippen LogP contribution in [0.4, 0.5) is 5.69 Å². The Morgan fingerprint density at radius 2 is 1.56 bits per heavy atom. The number of carbonyl (C=O) groups is 2. The van der Waals surface area contributed by atoms with E-state index in [4.69, 9.17) is 9.47 Å². The minimum absolute atomic E-state index is 0.151. The zero-order valence-corrected chi connectivity index (χ0v) is 15.9. The minimum Gasteiger partial charge on any atom is -0.428 e. The van der Waals surface area contributed by atoms with Gasteiger partial charge in [-0.15, -0.1) is 0 Å². The maximum absolute atomic E-state index is 11.7. The van der Waals surface area contributed by atoms with Gasteiger partial charge in [-0.3, -0.25) is 19.7 Å². The molecule has 1 heterocycles. The summed E-state index contributed by atoms with van der Waals surface area (Å²) in [6.07, 6.45) is 0. The molecular formula is C19H22N2O6. The molecule has 2 rings (SSSR count). The number of rotatable bonds is 5. The number of benzene rings is 1. The van der Waals surface area contributed by atoms with E-state index >= 15 is 0 Å². The van der Waals surface area contributed by atoms with Gasteiger partial charge in [0.15, 0.2) is 0 Å². The van der Waals surface area contributed by atoms with Crippen LogP contribution in [0.3, 0.4) is 0 Å². The van der Waals surface area contributed by atoms with E-state index in [2.05, 4.69) is 0 Å². The van der Waals surface area contributed by atoms with Crippen LogP contribution in [0.1, 0.15) is 46.1 Å². The second-order valence-electron chi connectivity index (χ2n) is 6.08. The Morgan fingerprint density at radius 1 is 1.07 bits per heavy atom.